The van der Waals surface area contributed by atoms with Gasteiger partial charge < -0.3 is 15.0 Å². The van der Waals surface area contributed by atoms with Crippen LogP contribution in [0.25, 0.3) is 0 Å². The minimum absolute atomic E-state index is 0.00708. The molecule has 1 fully saturated rings. The van der Waals surface area contributed by atoms with Gasteiger partial charge in [-0.05, 0) is 32.2 Å². The van der Waals surface area contributed by atoms with Crippen molar-refractivity contribution in [2.75, 3.05) is 19.7 Å². The van der Waals surface area contributed by atoms with E-state index < -0.39 is 0 Å². The van der Waals surface area contributed by atoms with E-state index in [1.54, 1.807) is 11.3 Å². The van der Waals surface area contributed by atoms with Crippen molar-refractivity contribution >= 4 is 17.4 Å². The molecule has 0 radical (unpaired) electrons. The van der Waals surface area contributed by atoms with Crippen molar-refractivity contribution < 1.29 is 9.53 Å². The molecule has 4 nitrogen and oxygen atoms in total. The summed E-state index contributed by atoms with van der Waals surface area (Å²) in [5.41, 5.74) is -0.201. The number of ether oxygens (including phenoxy) is 1. The van der Waals surface area contributed by atoms with Gasteiger partial charge in [0.15, 0.2) is 0 Å². The Morgan fingerprint density at radius 2 is 2.33 bits per heavy atom. The van der Waals surface area contributed by atoms with Crippen molar-refractivity contribution in [3.8, 4) is 0 Å². The first-order valence-corrected chi connectivity index (χ1v) is 7.06. The first kappa shape index (κ1) is 13.4. The molecule has 1 aliphatic rings. The molecule has 1 saturated heterocycles. The summed E-state index contributed by atoms with van der Waals surface area (Å²) in [6, 6.07) is 4.06. The molecular weight excluding hydrogens is 248 g/mol. The Morgan fingerprint density at radius 1 is 1.56 bits per heavy atom. The number of rotatable bonds is 1. The number of urea groups is 1. The van der Waals surface area contributed by atoms with Crippen LogP contribution in [0.2, 0.25) is 0 Å². The van der Waals surface area contributed by atoms with E-state index in [0.29, 0.717) is 19.7 Å². The van der Waals surface area contributed by atoms with Crippen molar-refractivity contribution in [2.45, 2.75) is 32.4 Å². The van der Waals surface area contributed by atoms with Gasteiger partial charge >= 0.3 is 6.03 Å². The van der Waals surface area contributed by atoms with E-state index in [-0.39, 0.29) is 17.7 Å². The van der Waals surface area contributed by atoms with Crippen LogP contribution < -0.4 is 5.32 Å². The molecule has 0 aliphatic carbocycles. The Morgan fingerprint density at radius 3 is 2.94 bits per heavy atom. The molecule has 1 aliphatic heterocycles. The number of amides is 2. The van der Waals surface area contributed by atoms with Gasteiger partial charge in [0.25, 0.3) is 0 Å². The van der Waals surface area contributed by atoms with Gasteiger partial charge in [0.1, 0.15) is 6.10 Å². The van der Waals surface area contributed by atoms with Gasteiger partial charge in [-0.25, -0.2) is 4.79 Å². The summed E-state index contributed by atoms with van der Waals surface area (Å²) in [5.74, 6) is 0. The van der Waals surface area contributed by atoms with E-state index in [1.165, 1.54) is 4.88 Å². The fourth-order valence-corrected chi connectivity index (χ4v) is 2.65. The largest absolute Gasteiger partial charge is 0.369 e. The summed E-state index contributed by atoms with van der Waals surface area (Å²) in [6.07, 6.45) is 0.0180. The Labute approximate surface area is 112 Å². The zero-order valence-corrected chi connectivity index (χ0v) is 11.9. The lowest BCUT2D eigenvalue weighted by Gasteiger charge is -2.34. The minimum Gasteiger partial charge on any atom is -0.369 e. The maximum Gasteiger partial charge on any atom is 0.317 e. The Bertz CT molecular complexity index is 398. The van der Waals surface area contributed by atoms with Crippen LogP contribution in [0.1, 0.15) is 31.8 Å². The third kappa shape index (κ3) is 3.46. The molecule has 18 heavy (non-hydrogen) atoms. The van der Waals surface area contributed by atoms with E-state index in [1.807, 2.05) is 37.1 Å². The highest BCUT2D eigenvalue weighted by atomic mass is 32.1. The fraction of sp³-hybridized carbons (Fsp3) is 0.615. The van der Waals surface area contributed by atoms with Crippen LogP contribution in [0.5, 0.6) is 0 Å². The van der Waals surface area contributed by atoms with Crippen LogP contribution in [0.3, 0.4) is 0 Å². The Kier molecular flexibility index (Phi) is 3.92. The molecule has 0 saturated carbocycles. The lowest BCUT2D eigenvalue weighted by Crippen LogP contribution is -2.52. The zero-order chi connectivity index (χ0) is 13.2. The first-order chi connectivity index (χ1) is 8.46. The average molecular weight is 268 g/mol. The molecule has 1 atom stereocenters. The minimum atomic E-state index is -0.201. The van der Waals surface area contributed by atoms with Crippen LogP contribution in [0.4, 0.5) is 4.79 Å². The third-order valence-electron chi connectivity index (χ3n) is 2.70. The number of hydrogen-bond donors (Lipinski definition) is 1. The summed E-state index contributed by atoms with van der Waals surface area (Å²) in [4.78, 5) is 15.1. The van der Waals surface area contributed by atoms with E-state index in [0.717, 1.165) is 0 Å². The van der Waals surface area contributed by atoms with Gasteiger partial charge in [-0.15, -0.1) is 11.3 Å². The topological polar surface area (TPSA) is 41.6 Å². The smallest absolute Gasteiger partial charge is 0.317 e. The fourth-order valence-electron chi connectivity index (χ4n) is 1.88. The van der Waals surface area contributed by atoms with Crippen LogP contribution in [-0.4, -0.2) is 36.2 Å². The molecule has 0 spiro atoms. The number of morpholine rings is 1. The monoisotopic (exact) mass is 268 g/mol. The number of carbonyl (C=O) groups excluding carboxylic acids is 1. The van der Waals surface area contributed by atoms with Crippen molar-refractivity contribution in [1.82, 2.24) is 10.2 Å². The van der Waals surface area contributed by atoms with Gasteiger partial charge in [-0.3, -0.25) is 0 Å². The quantitative estimate of drug-likeness (QED) is 0.850. The highest BCUT2D eigenvalue weighted by Crippen LogP contribution is 2.26. The lowest BCUT2D eigenvalue weighted by molar-refractivity contribution is -0.0143. The SMILES string of the molecule is CC(C)(C)NC(=O)N1CCOC(c2cccs2)C1. The van der Waals surface area contributed by atoms with Gasteiger partial charge in [-0.2, -0.15) is 0 Å². The summed E-state index contributed by atoms with van der Waals surface area (Å²) < 4.78 is 5.72. The highest BCUT2D eigenvalue weighted by molar-refractivity contribution is 7.10. The van der Waals surface area contributed by atoms with Crippen molar-refractivity contribution in [3.05, 3.63) is 22.4 Å². The van der Waals surface area contributed by atoms with E-state index in [9.17, 15) is 4.79 Å². The normalized spacial score (nSPS) is 20.8. The number of nitrogens with one attached hydrogen (secondary N) is 1. The lowest BCUT2D eigenvalue weighted by atomic mass is 10.1. The van der Waals surface area contributed by atoms with Gasteiger partial charge in [0.05, 0.1) is 13.2 Å². The maximum absolute atomic E-state index is 12.1. The van der Waals surface area contributed by atoms with Crippen LogP contribution in [-0.2, 0) is 4.74 Å². The zero-order valence-electron chi connectivity index (χ0n) is 11.1. The number of thiophene rings is 1. The second kappa shape index (κ2) is 5.28. The summed E-state index contributed by atoms with van der Waals surface area (Å²) in [5, 5.41) is 5.02. The van der Waals surface area contributed by atoms with Gasteiger partial charge in [-0.1, -0.05) is 6.07 Å². The van der Waals surface area contributed by atoms with Crippen molar-refractivity contribution in [1.29, 1.82) is 0 Å². The summed E-state index contributed by atoms with van der Waals surface area (Å²) >= 11 is 1.67. The highest BCUT2D eigenvalue weighted by Gasteiger charge is 2.27. The molecule has 0 aromatic carbocycles. The van der Waals surface area contributed by atoms with Gasteiger partial charge in [0.2, 0.25) is 0 Å². The number of carbonyl (C=O) groups is 1. The molecule has 1 aromatic rings. The second-order valence-electron chi connectivity index (χ2n) is 5.50. The molecule has 1 aromatic heterocycles. The van der Waals surface area contributed by atoms with Crippen molar-refractivity contribution in [2.24, 2.45) is 0 Å². The van der Waals surface area contributed by atoms with Crippen molar-refractivity contribution in [3.63, 3.8) is 0 Å². The molecule has 1 unspecified atom stereocenters. The van der Waals surface area contributed by atoms with Gasteiger partial charge in [0, 0.05) is 17.0 Å². The molecule has 2 amide bonds. The maximum atomic E-state index is 12.1. The molecule has 2 heterocycles. The van der Waals surface area contributed by atoms with E-state index >= 15 is 0 Å². The standard InChI is InChI=1S/C13H20N2O2S/c1-13(2,3)14-12(16)15-6-7-17-10(9-15)11-5-4-8-18-11/h4-5,8,10H,6-7,9H2,1-3H3,(H,14,16). The predicted molar refractivity (Wildman–Crippen MR) is 72.9 cm³/mol. The third-order valence-corrected chi connectivity index (χ3v) is 3.66. The Balaban J connectivity index is 1.96. The molecule has 100 valence electrons. The van der Waals surface area contributed by atoms with Crippen LogP contribution >= 0.6 is 11.3 Å². The predicted octanol–water partition coefficient (Wildman–Crippen LogP) is 2.63. The molecule has 1 N–H and O–H groups in total. The number of hydrogen-bond acceptors (Lipinski definition) is 3. The van der Waals surface area contributed by atoms with E-state index in [4.69, 9.17) is 4.74 Å². The molecular formula is C13H20N2O2S. The summed E-state index contributed by atoms with van der Waals surface area (Å²) in [7, 11) is 0. The second-order valence-corrected chi connectivity index (χ2v) is 6.48. The van der Waals surface area contributed by atoms with E-state index in [2.05, 4.69) is 11.4 Å². The first-order valence-electron chi connectivity index (χ1n) is 6.18. The van der Waals surface area contributed by atoms with Crippen LogP contribution in [0.15, 0.2) is 17.5 Å². The number of nitrogens with zero attached hydrogens (tertiary/aromatic N) is 1. The molecule has 2 rings (SSSR count). The summed E-state index contributed by atoms with van der Waals surface area (Å²) in [6.45, 7) is 7.85. The average Bonchev–Trinajstić information content (AvgIpc) is 2.80. The molecule has 0 bridgehead atoms. The van der Waals surface area contributed by atoms with Crippen LogP contribution in [0, 0.1) is 0 Å². The molecule has 5 heteroatoms. The Hall–Kier alpha value is -1.07.